The minimum Gasteiger partial charge on any atom is -0.487 e. The van der Waals surface area contributed by atoms with Crippen molar-refractivity contribution in [2.45, 2.75) is 9.65 Å². The van der Waals surface area contributed by atoms with Crippen LogP contribution in [0.4, 0.5) is 0 Å². The molecule has 2 atom stereocenters. The van der Waals surface area contributed by atoms with Crippen molar-refractivity contribution in [3.05, 3.63) is 76.3 Å². The quantitative estimate of drug-likeness (QED) is 0.246. The number of alkyl halides is 2. The molecule has 2 rings (SSSR count). The number of benzene rings is 2. The first-order chi connectivity index (χ1) is 11.5. The molecule has 0 aliphatic rings. The van der Waals surface area contributed by atoms with Crippen molar-refractivity contribution in [3.8, 4) is 5.75 Å². The SMILES string of the molecule is C=CCOc1c(Cl)cc(Cl)cc1C(=O)C(Br)C(Br)c1ccccc1. The molecule has 0 fully saturated rings. The molecule has 0 saturated heterocycles. The monoisotopic (exact) mass is 490 g/mol. The molecule has 24 heavy (non-hydrogen) atoms. The van der Waals surface area contributed by atoms with Gasteiger partial charge in [-0.1, -0.05) is 98.0 Å². The summed E-state index contributed by atoms with van der Waals surface area (Å²) in [5, 5.41) is 0.665. The van der Waals surface area contributed by atoms with Gasteiger partial charge in [0.25, 0.3) is 0 Å². The molecule has 6 heteroatoms. The number of Topliss-reactive ketones (excluding diaryl/α,β-unsaturated/α-hetero) is 1. The first-order valence-corrected chi connectivity index (χ1v) is 9.64. The molecule has 0 aliphatic heterocycles. The van der Waals surface area contributed by atoms with E-state index in [-0.39, 0.29) is 17.2 Å². The predicted molar refractivity (Wildman–Crippen MR) is 107 cm³/mol. The molecule has 2 aromatic rings. The molecule has 0 N–H and O–H groups in total. The third-order valence-electron chi connectivity index (χ3n) is 3.24. The highest BCUT2D eigenvalue weighted by atomic mass is 79.9. The summed E-state index contributed by atoms with van der Waals surface area (Å²) < 4.78 is 5.56. The summed E-state index contributed by atoms with van der Waals surface area (Å²) in [6.45, 7) is 3.85. The summed E-state index contributed by atoms with van der Waals surface area (Å²) >= 11 is 19.3. The molecule has 2 nitrogen and oxygen atoms in total. The Kier molecular flexibility index (Phi) is 7.35. The Morgan fingerprint density at radius 3 is 2.50 bits per heavy atom. The first-order valence-electron chi connectivity index (χ1n) is 7.05. The molecule has 0 radical (unpaired) electrons. The van der Waals surface area contributed by atoms with Crippen LogP contribution in [0.1, 0.15) is 20.7 Å². The van der Waals surface area contributed by atoms with E-state index >= 15 is 0 Å². The van der Waals surface area contributed by atoms with E-state index in [0.717, 1.165) is 5.56 Å². The Labute approximate surface area is 168 Å². The zero-order chi connectivity index (χ0) is 17.7. The van der Waals surface area contributed by atoms with Gasteiger partial charge in [-0.3, -0.25) is 4.79 Å². The van der Waals surface area contributed by atoms with E-state index in [2.05, 4.69) is 38.4 Å². The highest BCUT2D eigenvalue weighted by Gasteiger charge is 2.29. The van der Waals surface area contributed by atoms with Gasteiger partial charge < -0.3 is 4.74 Å². The molecule has 0 bridgehead atoms. The minimum absolute atomic E-state index is 0.177. The molecule has 0 aromatic heterocycles. The smallest absolute Gasteiger partial charge is 0.181 e. The largest absolute Gasteiger partial charge is 0.487 e. The molecule has 2 unspecified atom stereocenters. The van der Waals surface area contributed by atoms with Gasteiger partial charge in [-0.2, -0.15) is 0 Å². The van der Waals surface area contributed by atoms with Crippen LogP contribution in [0, 0.1) is 0 Å². The summed E-state index contributed by atoms with van der Waals surface area (Å²) in [5.74, 6) is 0.132. The summed E-state index contributed by atoms with van der Waals surface area (Å²) in [6, 6.07) is 12.8. The Hall–Kier alpha value is -0.810. The number of ketones is 1. The van der Waals surface area contributed by atoms with E-state index in [1.807, 2.05) is 30.3 Å². The summed E-state index contributed by atoms with van der Waals surface area (Å²) in [5.41, 5.74) is 1.31. The van der Waals surface area contributed by atoms with Crippen LogP contribution >= 0.6 is 55.1 Å². The molecule has 0 heterocycles. The zero-order valence-electron chi connectivity index (χ0n) is 12.5. The van der Waals surface area contributed by atoms with Crippen LogP contribution in [0.3, 0.4) is 0 Å². The fourth-order valence-corrected chi connectivity index (χ4v) is 3.76. The lowest BCUT2D eigenvalue weighted by molar-refractivity contribution is 0.0987. The second-order valence-electron chi connectivity index (χ2n) is 4.94. The standard InChI is InChI=1S/C18H14Br2Cl2O2/c1-2-8-24-18-13(9-12(21)10-14(18)22)17(23)16(20)15(19)11-6-4-3-5-7-11/h2-7,9-10,15-16H,1,8H2. The van der Waals surface area contributed by atoms with Gasteiger partial charge >= 0.3 is 0 Å². The van der Waals surface area contributed by atoms with Gasteiger partial charge in [-0.15, -0.1) is 0 Å². The number of hydrogen-bond acceptors (Lipinski definition) is 2. The van der Waals surface area contributed by atoms with Crippen LogP contribution in [0.5, 0.6) is 5.75 Å². The Bertz CT molecular complexity index is 735. The highest BCUT2D eigenvalue weighted by molar-refractivity contribution is 9.12. The maximum absolute atomic E-state index is 12.9. The molecule has 0 spiro atoms. The number of ether oxygens (including phenoxy) is 1. The molecular formula is C18H14Br2Cl2O2. The number of carbonyl (C=O) groups is 1. The lowest BCUT2D eigenvalue weighted by Gasteiger charge is -2.19. The maximum Gasteiger partial charge on any atom is 0.181 e. The minimum atomic E-state index is -0.513. The van der Waals surface area contributed by atoms with Gasteiger partial charge in [-0.25, -0.2) is 0 Å². The number of rotatable bonds is 7. The number of halogens is 4. The van der Waals surface area contributed by atoms with E-state index in [4.69, 9.17) is 27.9 Å². The van der Waals surface area contributed by atoms with E-state index in [1.54, 1.807) is 18.2 Å². The lowest BCUT2D eigenvalue weighted by atomic mass is 10.0. The van der Waals surface area contributed by atoms with Gasteiger partial charge in [0.05, 0.1) is 20.2 Å². The molecule has 0 saturated carbocycles. The third kappa shape index (κ3) is 4.63. The van der Waals surface area contributed by atoms with Crippen molar-refractivity contribution >= 4 is 60.8 Å². The van der Waals surface area contributed by atoms with Crippen LogP contribution < -0.4 is 4.74 Å². The van der Waals surface area contributed by atoms with E-state index in [9.17, 15) is 4.79 Å². The second kappa shape index (κ2) is 9.04. The summed E-state index contributed by atoms with van der Waals surface area (Å²) in [7, 11) is 0. The van der Waals surface area contributed by atoms with Gasteiger partial charge in [0.15, 0.2) is 5.78 Å². The Morgan fingerprint density at radius 2 is 1.88 bits per heavy atom. The van der Waals surface area contributed by atoms with Crippen molar-refractivity contribution in [3.63, 3.8) is 0 Å². The van der Waals surface area contributed by atoms with Crippen molar-refractivity contribution in [2.24, 2.45) is 0 Å². The molecular weight excluding hydrogens is 479 g/mol. The normalized spacial score (nSPS) is 13.2. The second-order valence-corrected chi connectivity index (χ2v) is 7.76. The molecule has 126 valence electrons. The van der Waals surface area contributed by atoms with Crippen molar-refractivity contribution in [1.82, 2.24) is 0 Å². The Morgan fingerprint density at radius 1 is 1.21 bits per heavy atom. The van der Waals surface area contributed by atoms with Crippen LogP contribution in [-0.4, -0.2) is 17.2 Å². The van der Waals surface area contributed by atoms with E-state index in [0.29, 0.717) is 21.4 Å². The van der Waals surface area contributed by atoms with Crippen molar-refractivity contribution in [1.29, 1.82) is 0 Å². The van der Waals surface area contributed by atoms with Crippen LogP contribution in [0.25, 0.3) is 0 Å². The summed E-state index contributed by atoms with van der Waals surface area (Å²) in [6.07, 6.45) is 1.59. The average molecular weight is 493 g/mol. The number of hydrogen-bond donors (Lipinski definition) is 0. The average Bonchev–Trinajstić information content (AvgIpc) is 2.59. The fraction of sp³-hybridized carbons (Fsp3) is 0.167. The predicted octanol–water partition coefficient (Wildman–Crippen LogP) is 6.64. The topological polar surface area (TPSA) is 26.3 Å². The zero-order valence-corrected chi connectivity index (χ0v) is 17.2. The van der Waals surface area contributed by atoms with E-state index < -0.39 is 4.83 Å². The molecule has 2 aromatic carbocycles. The van der Waals surface area contributed by atoms with Crippen LogP contribution in [0.2, 0.25) is 10.0 Å². The lowest BCUT2D eigenvalue weighted by Crippen LogP contribution is -2.20. The molecule has 0 amide bonds. The van der Waals surface area contributed by atoms with Gasteiger partial charge in [-0.05, 0) is 17.7 Å². The van der Waals surface area contributed by atoms with Gasteiger partial charge in [0, 0.05) is 5.02 Å². The van der Waals surface area contributed by atoms with Crippen LogP contribution in [-0.2, 0) is 0 Å². The van der Waals surface area contributed by atoms with Crippen LogP contribution in [0.15, 0.2) is 55.1 Å². The number of carbonyl (C=O) groups excluding carboxylic acids is 1. The van der Waals surface area contributed by atoms with Crippen molar-refractivity contribution < 1.29 is 9.53 Å². The third-order valence-corrected chi connectivity index (χ3v) is 6.46. The summed E-state index contributed by atoms with van der Waals surface area (Å²) in [4.78, 5) is 12.2. The van der Waals surface area contributed by atoms with E-state index in [1.165, 1.54) is 0 Å². The molecule has 0 aliphatic carbocycles. The maximum atomic E-state index is 12.9. The Balaban J connectivity index is 2.36. The highest BCUT2D eigenvalue weighted by Crippen LogP contribution is 2.38. The fourth-order valence-electron chi connectivity index (χ4n) is 2.12. The van der Waals surface area contributed by atoms with Gasteiger partial charge in [0.1, 0.15) is 12.4 Å². The van der Waals surface area contributed by atoms with Gasteiger partial charge in [0.2, 0.25) is 0 Å². The first kappa shape index (κ1) is 19.5. The van der Waals surface area contributed by atoms with Crippen molar-refractivity contribution in [2.75, 3.05) is 6.61 Å².